The topological polar surface area (TPSA) is 173 Å². The van der Waals surface area contributed by atoms with Crippen LogP contribution in [0.15, 0.2) is 84.9 Å². The summed E-state index contributed by atoms with van der Waals surface area (Å²) in [6.07, 6.45) is -2.04. The van der Waals surface area contributed by atoms with E-state index in [-0.39, 0.29) is 36.8 Å². The molecule has 0 radical (unpaired) electrons. The third-order valence-electron chi connectivity index (χ3n) is 10.8. The molecule has 0 bridgehead atoms. The Morgan fingerprint density at radius 3 is 2.12 bits per heavy atom. The molecule has 0 spiro atoms. The zero-order chi connectivity index (χ0) is 36.4. The molecule has 4 aromatic rings. The van der Waals surface area contributed by atoms with Gasteiger partial charge in [-0.15, -0.1) is 0 Å². The predicted molar refractivity (Wildman–Crippen MR) is 184 cm³/mol. The third kappa shape index (κ3) is 5.63. The number of fused-ring (bicyclic) bond motifs is 5. The van der Waals surface area contributed by atoms with Gasteiger partial charge >= 0.3 is 29.8 Å². The molecule has 2 aliphatic rings. The minimum atomic E-state index is -3.09. The maximum atomic E-state index is 14.4. The zero-order valence-electron chi connectivity index (χ0n) is 28.4. The summed E-state index contributed by atoms with van der Waals surface area (Å²) in [6, 6.07) is 22.8. The second-order valence-corrected chi connectivity index (χ2v) is 13.0. The van der Waals surface area contributed by atoms with Crippen LogP contribution in [0.3, 0.4) is 0 Å². The van der Waals surface area contributed by atoms with Gasteiger partial charge in [-0.3, -0.25) is 9.69 Å². The first kappa shape index (κ1) is 35.3. The van der Waals surface area contributed by atoms with E-state index in [2.05, 4.69) is 9.88 Å². The van der Waals surface area contributed by atoms with Crippen molar-refractivity contribution >= 4 is 40.7 Å². The third-order valence-corrected chi connectivity index (χ3v) is 10.8. The molecule has 12 heteroatoms. The van der Waals surface area contributed by atoms with Gasteiger partial charge in [0.25, 0.3) is 5.60 Å². The van der Waals surface area contributed by atoms with Crippen LogP contribution >= 0.6 is 0 Å². The van der Waals surface area contributed by atoms with Gasteiger partial charge in [0.1, 0.15) is 0 Å². The van der Waals surface area contributed by atoms with Crippen LogP contribution in [0.4, 0.5) is 0 Å². The van der Waals surface area contributed by atoms with Crippen molar-refractivity contribution in [1.82, 2.24) is 9.88 Å². The van der Waals surface area contributed by atoms with Crippen molar-refractivity contribution < 1.29 is 48.4 Å². The number of rotatable bonds is 12. The number of nitrogens with one attached hydrogen (secondary N) is 1. The summed E-state index contributed by atoms with van der Waals surface area (Å²) in [5.41, 5.74) is -4.11. The molecule has 0 amide bonds. The van der Waals surface area contributed by atoms with Gasteiger partial charge in [-0.1, -0.05) is 61.5 Å². The van der Waals surface area contributed by atoms with Gasteiger partial charge in [0, 0.05) is 29.6 Å². The summed E-state index contributed by atoms with van der Waals surface area (Å²) in [6.45, 7) is 2.84. The van der Waals surface area contributed by atoms with Gasteiger partial charge in [0.15, 0.2) is 0 Å². The first-order valence-corrected chi connectivity index (χ1v) is 17.0. The second kappa shape index (κ2) is 14.0. The molecule has 12 nitrogen and oxygen atoms in total. The van der Waals surface area contributed by atoms with Crippen molar-refractivity contribution in [3.05, 3.63) is 107 Å². The van der Waals surface area contributed by atoms with Crippen LogP contribution in [0.1, 0.15) is 71.0 Å². The van der Waals surface area contributed by atoms with Crippen LogP contribution in [-0.2, 0) is 40.6 Å². The summed E-state index contributed by atoms with van der Waals surface area (Å²) >= 11 is 0. The fourth-order valence-corrected chi connectivity index (χ4v) is 8.80. The average molecular weight is 697 g/mol. The number of nitrogens with zero attached hydrogens (tertiary/aromatic N) is 1. The van der Waals surface area contributed by atoms with Crippen LogP contribution < -0.4 is 0 Å². The molecule has 6 rings (SSSR count). The zero-order valence-corrected chi connectivity index (χ0v) is 28.4. The SMILES string of the molecule is CC[C@]12c3[nH]c4ccccc4c3CCN1CCC[C@]2(CCC(=O)OC)[C@](OC(=O)c1ccccc1)(C(=O)O)[C@H](OC(=O)c1ccccc1)C(=O)O. The van der Waals surface area contributed by atoms with Gasteiger partial charge in [-0.25, -0.2) is 19.2 Å². The van der Waals surface area contributed by atoms with Crippen LogP contribution in [0.2, 0.25) is 0 Å². The standard InChI is InChI=1S/C39H40N2O10/c1-3-38-31-28(27-17-10-11-18-29(27)40-31)20-24-41(38)23-12-21-37(38,22-19-30(42)49-2)39(36(47)48,51-35(46)26-15-8-5-9-16-26)32(33(43)44)50-34(45)25-13-6-4-7-14-25/h4-11,13-18,32,40H,3,12,19-24H2,1-2H3,(H,43,44)(H,47,48)/t32-,37-,38-,39-/m1/s1. The number of para-hydroxylation sites is 1. The lowest BCUT2D eigenvalue weighted by Gasteiger charge is -2.65. The molecule has 4 atom stereocenters. The fraction of sp³-hybridized carbons (Fsp3) is 0.359. The Hall–Kier alpha value is -5.49. The van der Waals surface area contributed by atoms with Crippen molar-refractivity contribution in [1.29, 1.82) is 0 Å². The Labute approximate surface area is 294 Å². The smallest absolute Gasteiger partial charge is 0.353 e. The number of piperidine rings is 1. The normalized spacial score (nSPS) is 21.7. The van der Waals surface area contributed by atoms with E-state index < -0.39 is 52.5 Å². The monoisotopic (exact) mass is 696 g/mol. The molecule has 1 fully saturated rings. The number of ether oxygens (including phenoxy) is 3. The molecule has 51 heavy (non-hydrogen) atoms. The molecule has 266 valence electrons. The van der Waals surface area contributed by atoms with E-state index >= 15 is 0 Å². The first-order chi connectivity index (χ1) is 24.6. The lowest BCUT2D eigenvalue weighted by molar-refractivity contribution is -0.248. The van der Waals surface area contributed by atoms with Crippen LogP contribution in [0, 0.1) is 5.41 Å². The predicted octanol–water partition coefficient (Wildman–Crippen LogP) is 5.36. The summed E-state index contributed by atoms with van der Waals surface area (Å²) in [4.78, 5) is 74.7. The molecule has 3 aromatic carbocycles. The number of benzene rings is 3. The Morgan fingerprint density at radius 2 is 1.51 bits per heavy atom. The van der Waals surface area contributed by atoms with Gasteiger partial charge in [-0.2, -0.15) is 0 Å². The number of methoxy groups -OCH3 is 1. The molecule has 3 heterocycles. The number of carboxylic acid groups (broad SMARTS) is 2. The lowest BCUT2D eigenvalue weighted by atomic mass is 9.48. The number of carbonyl (C=O) groups is 5. The summed E-state index contributed by atoms with van der Waals surface area (Å²) in [7, 11) is 1.20. The molecule has 1 aromatic heterocycles. The van der Waals surface area contributed by atoms with E-state index in [1.165, 1.54) is 31.4 Å². The van der Waals surface area contributed by atoms with Gasteiger partial charge < -0.3 is 29.4 Å². The van der Waals surface area contributed by atoms with E-state index in [9.17, 15) is 34.2 Å². The number of aliphatic carboxylic acids is 2. The van der Waals surface area contributed by atoms with Crippen LogP contribution in [0.25, 0.3) is 10.9 Å². The number of esters is 3. The number of hydrogen-bond acceptors (Lipinski definition) is 9. The highest BCUT2D eigenvalue weighted by Gasteiger charge is 2.77. The minimum Gasteiger partial charge on any atom is -0.478 e. The second-order valence-electron chi connectivity index (χ2n) is 13.0. The molecule has 0 saturated carbocycles. The van der Waals surface area contributed by atoms with Crippen molar-refractivity contribution in [3.8, 4) is 0 Å². The van der Waals surface area contributed by atoms with Gasteiger partial charge in [0.2, 0.25) is 6.10 Å². The molecule has 2 aliphatic heterocycles. The summed E-state index contributed by atoms with van der Waals surface area (Å²) < 4.78 is 17.0. The van der Waals surface area contributed by atoms with Crippen LogP contribution in [0.5, 0.6) is 0 Å². The van der Waals surface area contributed by atoms with E-state index in [0.29, 0.717) is 31.6 Å². The largest absolute Gasteiger partial charge is 0.478 e. The fourth-order valence-electron chi connectivity index (χ4n) is 8.80. The van der Waals surface area contributed by atoms with Gasteiger partial charge in [0.05, 0.1) is 29.2 Å². The highest BCUT2D eigenvalue weighted by molar-refractivity contribution is 5.98. The molecule has 0 aliphatic carbocycles. The number of aromatic amines is 1. The molecular formula is C39H40N2O10. The minimum absolute atomic E-state index is 0.00975. The van der Waals surface area contributed by atoms with Crippen molar-refractivity contribution in [3.63, 3.8) is 0 Å². The number of hydrogen-bond donors (Lipinski definition) is 3. The highest BCUT2D eigenvalue weighted by Crippen LogP contribution is 2.64. The maximum absolute atomic E-state index is 14.4. The number of H-pyrrole nitrogens is 1. The Balaban J connectivity index is 1.70. The lowest BCUT2D eigenvalue weighted by Crippen LogP contribution is -2.77. The quantitative estimate of drug-likeness (QED) is 0.129. The average Bonchev–Trinajstić information content (AvgIpc) is 3.54. The first-order valence-electron chi connectivity index (χ1n) is 17.0. The van der Waals surface area contributed by atoms with Crippen LogP contribution in [-0.4, -0.2) is 81.8 Å². The van der Waals surface area contributed by atoms with Gasteiger partial charge in [-0.05, 0) is 74.5 Å². The Morgan fingerprint density at radius 1 is 0.882 bits per heavy atom. The van der Waals surface area contributed by atoms with E-state index in [1.807, 2.05) is 31.2 Å². The highest BCUT2D eigenvalue weighted by atomic mass is 16.6. The number of carboxylic acids is 2. The molecular weight excluding hydrogens is 656 g/mol. The summed E-state index contributed by atoms with van der Waals surface area (Å²) in [5, 5.41) is 23.6. The molecule has 3 N–H and O–H groups in total. The van der Waals surface area contributed by atoms with Crippen molar-refractivity contribution in [2.75, 3.05) is 20.2 Å². The number of carbonyl (C=O) groups excluding carboxylic acids is 3. The van der Waals surface area contributed by atoms with Crippen molar-refractivity contribution in [2.24, 2.45) is 5.41 Å². The maximum Gasteiger partial charge on any atom is 0.353 e. The van der Waals surface area contributed by atoms with E-state index in [4.69, 9.17) is 14.2 Å². The van der Waals surface area contributed by atoms with E-state index in [0.717, 1.165) is 16.5 Å². The Bertz CT molecular complexity index is 1960. The van der Waals surface area contributed by atoms with E-state index in [1.54, 1.807) is 36.4 Å². The Kier molecular flexibility index (Phi) is 9.72. The number of aromatic nitrogens is 1. The molecule has 0 unspecified atom stereocenters. The van der Waals surface area contributed by atoms with Crippen molar-refractivity contribution in [2.45, 2.75) is 62.7 Å². The molecule has 1 saturated heterocycles. The summed E-state index contributed by atoms with van der Waals surface area (Å²) in [5.74, 6) is -6.60.